The summed E-state index contributed by atoms with van der Waals surface area (Å²) in [5.74, 6) is 0.449. The Bertz CT molecular complexity index is 860. The first-order valence-electron chi connectivity index (χ1n) is 8.66. The molecular weight excluding hydrogens is 352 g/mol. The van der Waals surface area contributed by atoms with Gasteiger partial charge in [-0.05, 0) is 36.6 Å². The Labute approximate surface area is 156 Å². The highest BCUT2D eigenvalue weighted by Crippen LogP contribution is 2.44. The second-order valence-corrected chi connectivity index (χ2v) is 7.09. The third-order valence-electron chi connectivity index (χ3n) is 5.28. The summed E-state index contributed by atoms with van der Waals surface area (Å²) in [4.78, 5) is 26.8. The first kappa shape index (κ1) is 16.9. The van der Waals surface area contributed by atoms with Crippen LogP contribution in [-0.2, 0) is 15.0 Å². The van der Waals surface area contributed by atoms with Crippen LogP contribution in [0.4, 0.5) is 5.69 Å². The minimum atomic E-state index is -0.517. The molecule has 2 aromatic carbocycles. The lowest BCUT2D eigenvalue weighted by atomic mass is 9.73. The minimum absolute atomic E-state index is 0.0399. The fourth-order valence-electron chi connectivity index (χ4n) is 3.80. The van der Waals surface area contributed by atoms with Crippen LogP contribution in [0.15, 0.2) is 48.5 Å². The van der Waals surface area contributed by atoms with E-state index in [4.69, 9.17) is 16.3 Å². The van der Waals surface area contributed by atoms with Gasteiger partial charge in [0.15, 0.2) is 6.61 Å². The number of hydrogen-bond donors (Lipinski definition) is 1. The number of para-hydroxylation sites is 2. The van der Waals surface area contributed by atoms with E-state index in [9.17, 15) is 9.59 Å². The molecule has 2 amide bonds. The third kappa shape index (κ3) is 2.82. The van der Waals surface area contributed by atoms with Gasteiger partial charge in [0.1, 0.15) is 5.75 Å². The first-order chi connectivity index (χ1) is 12.6. The molecule has 1 N–H and O–H groups in total. The van der Waals surface area contributed by atoms with Gasteiger partial charge in [-0.15, -0.1) is 0 Å². The van der Waals surface area contributed by atoms with Gasteiger partial charge < -0.3 is 15.0 Å². The molecule has 5 nitrogen and oxygen atoms in total. The number of likely N-dealkylation sites (tertiary alicyclic amines) is 1. The summed E-state index contributed by atoms with van der Waals surface area (Å²) in [6.45, 7) is 1.01. The van der Waals surface area contributed by atoms with E-state index in [-0.39, 0.29) is 18.4 Å². The summed E-state index contributed by atoms with van der Waals surface area (Å²) in [7, 11) is 0. The second-order valence-electron chi connectivity index (χ2n) is 6.68. The van der Waals surface area contributed by atoms with Crippen LogP contribution < -0.4 is 10.1 Å². The van der Waals surface area contributed by atoms with Gasteiger partial charge in [0, 0.05) is 18.8 Å². The molecule has 0 aromatic heterocycles. The SMILES string of the molecule is O=C(COc1ccccc1Cl)N1CCC2(CC1)C(=O)Nc1ccccc12. The van der Waals surface area contributed by atoms with E-state index < -0.39 is 5.41 Å². The number of amides is 2. The predicted molar refractivity (Wildman–Crippen MR) is 99.5 cm³/mol. The van der Waals surface area contributed by atoms with Crippen LogP contribution in [0.3, 0.4) is 0 Å². The molecule has 0 aliphatic carbocycles. The Hall–Kier alpha value is -2.53. The molecule has 2 heterocycles. The lowest BCUT2D eigenvalue weighted by Crippen LogP contribution is -2.49. The number of ether oxygens (including phenoxy) is 1. The number of nitrogens with one attached hydrogen (secondary N) is 1. The first-order valence-corrected chi connectivity index (χ1v) is 9.04. The number of benzene rings is 2. The van der Waals surface area contributed by atoms with Crippen molar-refractivity contribution < 1.29 is 14.3 Å². The molecule has 26 heavy (non-hydrogen) atoms. The van der Waals surface area contributed by atoms with Gasteiger partial charge in [0.2, 0.25) is 5.91 Å². The Balaban J connectivity index is 1.40. The zero-order valence-electron chi connectivity index (χ0n) is 14.2. The Morgan fingerprint density at radius 3 is 2.58 bits per heavy atom. The molecule has 1 spiro atoms. The Morgan fingerprint density at radius 1 is 1.12 bits per heavy atom. The van der Waals surface area contributed by atoms with Crippen LogP contribution in [0.1, 0.15) is 18.4 Å². The predicted octanol–water partition coefficient (Wildman–Crippen LogP) is 3.23. The van der Waals surface area contributed by atoms with E-state index >= 15 is 0 Å². The molecule has 6 heteroatoms. The zero-order valence-corrected chi connectivity index (χ0v) is 15.0. The standard InChI is InChI=1S/C20H19ClN2O3/c21-15-6-2-4-8-17(15)26-13-18(24)23-11-9-20(10-12-23)14-5-1-3-7-16(14)22-19(20)25/h1-8H,9-13H2,(H,22,25). The summed E-state index contributed by atoms with van der Waals surface area (Å²) < 4.78 is 5.54. The molecule has 0 radical (unpaired) electrons. The van der Waals surface area contributed by atoms with Crippen LogP contribution in [0.5, 0.6) is 5.75 Å². The number of carbonyl (C=O) groups is 2. The molecule has 2 aliphatic rings. The molecule has 0 saturated carbocycles. The lowest BCUT2D eigenvalue weighted by Gasteiger charge is -2.37. The van der Waals surface area contributed by atoms with Crippen molar-refractivity contribution in [3.05, 3.63) is 59.1 Å². The number of anilines is 1. The van der Waals surface area contributed by atoms with Gasteiger partial charge >= 0.3 is 0 Å². The number of rotatable bonds is 3. The van der Waals surface area contributed by atoms with Crippen molar-refractivity contribution in [2.45, 2.75) is 18.3 Å². The summed E-state index contributed by atoms with van der Waals surface area (Å²) in [5, 5.41) is 3.46. The average molecular weight is 371 g/mol. The molecule has 0 atom stereocenters. The van der Waals surface area contributed by atoms with E-state index in [1.165, 1.54) is 0 Å². The molecule has 134 valence electrons. The van der Waals surface area contributed by atoms with Crippen molar-refractivity contribution in [3.63, 3.8) is 0 Å². The fraction of sp³-hybridized carbons (Fsp3) is 0.300. The monoisotopic (exact) mass is 370 g/mol. The molecule has 0 bridgehead atoms. The largest absolute Gasteiger partial charge is 0.482 e. The van der Waals surface area contributed by atoms with Gasteiger partial charge in [0.25, 0.3) is 5.91 Å². The van der Waals surface area contributed by atoms with Crippen molar-refractivity contribution in [3.8, 4) is 5.75 Å². The molecule has 2 aromatic rings. The number of fused-ring (bicyclic) bond motifs is 2. The number of hydrogen-bond acceptors (Lipinski definition) is 3. The maximum atomic E-state index is 12.6. The van der Waals surface area contributed by atoms with E-state index in [1.54, 1.807) is 17.0 Å². The molecule has 0 unspecified atom stereocenters. The van der Waals surface area contributed by atoms with Crippen molar-refractivity contribution in [1.29, 1.82) is 0 Å². The van der Waals surface area contributed by atoms with Crippen molar-refractivity contribution in [1.82, 2.24) is 4.90 Å². The highest BCUT2D eigenvalue weighted by Gasteiger charge is 2.48. The van der Waals surface area contributed by atoms with Crippen molar-refractivity contribution in [2.75, 3.05) is 25.0 Å². The van der Waals surface area contributed by atoms with Gasteiger partial charge in [0.05, 0.1) is 10.4 Å². The summed E-state index contributed by atoms with van der Waals surface area (Å²) in [6.07, 6.45) is 1.24. The Kier molecular flexibility index (Phi) is 4.32. The normalized spacial score (nSPS) is 17.7. The third-order valence-corrected chi connectivity index (χ3v) is 5.60. The minimum Gasteiger partial charge on any atom is -0.482 e. The maximum absolute atomic E-state index is 12.6. The summed E-state index contributed by atoms with van der Waals surface area (Å²) in [6, 6.07) is 14.9. The molecular formula is C20H19ClN2O3. The van der Waals surface area contributed by atoms with Gasteiger partial charge in [-0.2, -0.15) is 0 Å². The van der Waals surface area contributed by atoms with Crippen molar-refractivity contribution in [2.24, 2.45) is 0 Å². The van der Waals surface area contributed by atoms with Crippen LogP contribution >= 0.6 is 11.6 Å². The maximum Gasteiger partial charge on any atom is 0.260 e. The Morgan fingerprint density at radius 2 is 1.81 bits per heavy atom. The second kappa shape index (κ2) is 6.65. The highest BCUT2D eigenvalue weighted by atomic mass is 35.5. The van der Waals surface area contributed by atoms with Crippen molar-refractivity contribution >= 4 is 29.1 Å². The van der Waals surface area contributed by atoms with E-state index in [2.05, 4.69) is 5.32 Å². The summed E-state index contributed by atoms with van der Waals surface area (Å²) in [5.41, 5.74) is 1.42. The molecule has 4 rings (SSSR count). The lowest BCUT2D eigenvalue weighted by molar-refractivity contribution is -0.137. The number of piperidine rings is 1. The quantitative estimate of drug-likeness (QED) is 0.902. The number of halogens is 1. The number of carbonyl (C=O) groups excluding carboxylic acids is 2. The van der Waals surface area contributed by atoms with E-state index in [0.717, 1.165) is 11.3 Å². The average Bonchev–Trinajstić information content (AvgIpc) is 2.93. The van der Waals surface area contributed by atoms with Crippen LogP contribution in [0.2, 0.25) is 5.02 Å². The van der Waals surface area contributed by atoms with Crippen LogP contribution in [0, 0.1) is 0 Å². The summed E-state index contributed by atoms with van der Waals surface area (Å²) >= 11 is 6.04. The van der Waals surface area contributed by atoms with Gasteiger partial charge in [-0.3, -0.25) is 9.59 Å². The topological polar surface area (TPSA) is 58.6 Å². The fourth-order valence-corrected chi connectivity index (χ4v) is 3.99. The van der Waals surface area contributed by atoms with E-state index in [0.29, 0.717) is 36.7 Å². The van der Waals surface area contributed by atoms with Crippen LogP contribution in [0.25, 0.3) is 0 Å². The van der Waals surface area contributed by atoms with E-state index in [1.807, 2.05) is 36.4 Å². The molecule has 1 fully saturated rings. The van der Waals surface area contributed by atoms with Crippen LogP contribution in [-0.4, -0.2) is 36.4 Å². The smallest absolute Gasteiger partial charge is 0.260 e. The van der Waals surface area contributed by atoms with Gasteiger partial charge in [-0.1, -0.05) is 41.9 Å². The molecule has 2 aliphatic heterocycles. The zero-order chi connectivity index (χ0) is 18.1. The highest BCUT2D eigenvalue weighted by molar-refractivity contribution is 6.32. The van der Waals surface area contributed by atoms with Gasteiger partial charge in [-0.25, -0.2) is 0 Å². The number of nitrogens with zero attached hydrogens (tertiary/aromatic N) is 1. The molecule has 1 saturated heterocycles.